The summed E-state index contributed by atoms with van der Waals surface area (Å²) in [6, 6.07) is 11.4. The summed E-state index contributed by atoms with van der Waals surface area (Å²) in [7, 11) is 4.46. The summed E-state index contributed by atoms with van der Waals surface area (Å²) in [4.78, 5) is 2.64. The summed E-state index contributed by atoms with van der Waals surface area (Å²) in [6.07, 6.45) is 7.95. The minimum atomic E-state index is 0.526. The standard InChI is InChI=1S/C19H30N2/c1-4-6-14-7-5-8-15(11-14)19(20-2)16-12-17-9-10-18(13-16)21(17)3/h5,7-8,11,16-20H,4,6,9-10,12-13H2,1-3H3. The highest BCUT2D eigenvalue weighted by Crippen LogP contribution is 2.42. The number of rotatable bonds is 5. The predicted octanol–water partition coefficient (Wildman–Crippen LogP) is 3.77. The van der Waals surface area contributed by atoms with Crippen molar-refractivity contribution in [2.24, 2.45) is 5.92 Å². The fourth-order valence-corrected chi connectivity index (χ4v) is 4.63. The number of benzene rings is 1. The van der Waals surface area contributed by atoms with Crippen LogP contribution < -0.4 is 5.32 Å². The molecule has 3 rings (SSSR count). The molecule has 0 aromatic heterocycles. The maximum absolute atomic E-state index is 3.62. The molecular weight excluding hydrogens is 256 g/mol. The molecule has 0 radical (unpaired) electrons. The minimum Gasteiger partial charge on any atom is -0.313 e. The summed E-state index contributed by atoms with van der Waals surface area (Å²) in [6.45, 7) is 2.26. The predicted molar refractivity (Wildman–Crippen MR) is 89.5 cm³/mol. The third-order valence-electron chi connectivity index (χ3n) is 5.77. The van der Waals surface area contributed by atoms with E-state index in [2.05, 4.69) is 55.5 Å². The third-order valence-corrected chi connectivity index (χ3v) is 5.77. The van der Waals surface area contributed by atoms with Gasteiger partial charge in [-0.15, -0.1) is 0 Å². The molecule has 3 unspecified atom stereocenters. The lowest BCUT2D eigenvalue weighted by atomic mass is 9.81. The Labute approximate surface area is 129 Å². The summed E-state index contributed by atoms with van der Waals surface area (Å²) < 4.78 is 0. The van der Waals surface area contributed by atoms with Gasteiger partial charge in [-0.1, -0.05) is 37.6 Å². The molecule has 0 spiro atoms. The monoisotopic (exact) mass is 286 g/mol. The second kappa shape index (κ2) is 6.50. The Morgan fingerprint density at radius 1 is 1.24 bits per heavy atom. The van der Waals surface area contributed by atoms with Crippen molar-refractivity contribution < 1.29 is 0 Å². The SMILES string of the molecule is CCCc1cccc(C(NC)C2CC3CCC(C2)N3C)c1. The fraction of sp³-hybridized carbons (Fsp3) is 0.684. The molecule has 1 aromatic rings. The lowest BCUT2D eigenvalue weighted by Gasteiger charge is -2.40. The van der Waals surface area contributed by atoms with Crippen LogP contribution >= 0.6 is 0 Å². The van der Waals surface area contributed by atoms with Crippen molar-refractivity contribution >= 4 is 0 Å². The van der Waals surface area contributed by atoms with Crippen LogP contribution in [0, 0.1) is 5.92 Å². The molecular formula is C19H30N2. The van der Waals surface area contributed by atoms with E-state index < -0.39 is 0 Å². The molecule has 21 heavy (non-hydrogen) atoms. The molecule has 2 heterocycles. The second-order valence-electron chi connectivity index (χ2n) is 7.04. The quantitative estimate of drug-likeness (QED) is 0.886. The van der Waals surface area contributed by atoms with Crippen LogP contribution in [0.25, 0.3) is 0 Å². The van der Waals surface area contributed by atoms with Crippen LogP contribution in [0.4, 0.5) is 0 Å². The highest BCUT2D eigenvalue weighted by Gasteiger charge is 2.40. The minimum absolute atomic E-state index is 0.526. The van der Waals surface area contributed by atoms with E-state index in [0.717, 1.165) is 18.0 Å². The van der Waals surface area contributed by atoms with Gasteiger partial charge in [-0.05, 0) is 63.2 Å². The van der Waals surface area contributed by atoms with Crippen molar-refractivity contribution in [2.45, 2.75) is 63.6 Å². The first-order valence-electron chi connectivity index (χ1n) is 8.71. The molecule has 2 aliphatic heterocycles. The van der Waals surface area contributed by atoms with Crippen molar-refractivity contribution in [1.82, 2.24) is 10.2 Å². The van der Waals surface area contributed by atoms with Gasteiger partial charge in [0, 0.05) is 18.1 Å². The van der Waals surface area contributed by atoms with Gasteiger partial charge in [0.15, 0.2) is 0 Å². The van der Waals surface area contributed by atoms with E-state index in [9.17, 15) is 0 Å². The van der Waals surface area contributed by atoms with E-state index in [-0.39, 0.29) is 0 Å². The van der Waals surface area contributed by atoms with Crippen LogP contribution in [0.2, 0.25) is 0 Å². The highest BCUT2D eigenvalue weighted by atomic mass is 15.2. The second-order valence-corrected chi connectivity index (χ2v) is 7.04. The average molecular weight is 286 g/mol. The number of piperidine rings is 1. The molecule has 0 saturated carbocycles. The highest BCUT2D eigenvalue weighted by molar-refractivity contribution is 5.27. The van der Waals surface area contributed by atoms with Gasteiger partial charge < -0.3 is 10.2 Å². The van der Waals surface area contributed by atoms with Gasteiger partial charge in [0.1, 0.15) is 0 Å². The summed E-state index contributed by atoms with van der Waals surface area (Å²) in [5.74, 6) is 0.792. The van der Waals surface area contributed by atoms with Crippen LogP contribution in [-0.2, 0) is 6.42 Å². The van der Waals surface area contributed by atoms with Crippen LogP contribution in [-0.4, -0.2) is 31.1 Å². The first-order valence-corrected chi connectivity index (χ1v) is 8.71. The van der Waals surface area contributed by atoms with Crippen molar-refractivity contribution in [2.75, 3.05) is 14.1 Å². The molecule has 2 saturated heterocycles. The largest absolute Gasteiger partial charge is 0.313 e. The number of hydrogen-bond donors (Lipinski definition) is 1. The normalized spacial score (nSPS) is 30.5. The average Bonchev–Trinajstić information content (AvgIpc) is 2.71. The maximum atomic E-state index is 3.62. The van der Waals surface area contributed by atoms with Crippen molar-refractivity contribution in [3.63, 3.8) is 0 Å². The molecule has 3 atom stereocenters. The lowest BCUT2D eigenvalue weighted by molar-refractivity contribution is 0.114. The van der Waals surface area contributed by atoms with Crippen molar-refractivity contribution in [3.05, 3.63) is 35.4 Å². The molecule has 0 aliphatic carbocycles. The molecule has 2 aliphatic rings. The Bertz CT molecular complexity index is 456. The van der Waals surface area contributed by atoms with Crippen LogP contribution in [0.5, 0.6) is 0 Å². The zero-order valence-electron chi connectivity index (χ0n) is 13.8. The van der Waals surface area contributed by atoms with Crippen molar-refractivity contribution in [1.29, 1.82) is 0 Å². The topological polar surface area (TPSA) is 15.3 Å². The van der Waals surface area contributed by atoms with E-state index >= 15 is 0 Å². The molecule has 2 heteroatoms. The first-order chi connectivity index (χ1) is 10.2. The number of nitrogens with one attached hydrogen (secondary N) is 1. The van der Waals surface area contributed by atoms with E-state index in [1.165, 1.54) is 49.7 Å². The fourth-order valence-electron chi connectivity index (χ4n) is 4.63. The smallest absolute Gasteiger partial charge is 0.0347 e. The number of fused-ring (bicyclic) bond motifs is 2. The van der Waals surface area contributed by atoms with Crippen LogP contribution in [0.1, 0.15) is 56.2 Å². The van der Waals surface area contributed by atoms with Gasteiger partial charge in [-0.25, -0.2) is 0 Å². The van der Waals surface area contributed by atoms with Crippen LogP contribution in [0.3, 0.4) is 0 Å². The van der Waals surface area contributed by atoms with E-state index in [1.54, 1.807) is 0 Å². The molecule has 2 bridgehead atoms. The Morgan fingerprint density at radius 3 is 2.57 bits per heavy atom. The molecule has 1 aromatic carbocycles. The Hall–Kier alpha value is -0.860. The zero-order chi connectivity index (χ0) is 14.8. The number of aryl methyl sites for hydroxylation is 1. The number of hydrogen-bond acceptors (Lipinski definition) is 2. The Morgan fingerprint density at radius 2 is 1.95 bits per heavy atom. The first kappa shape index (κ1) is 15.1. The van der Waals surface area contributed by atoms with Gasteiger partial charge in [0.05, 0.1) is 0 Å². The molecule has 2 fully saturated rings. The Kier molecular flexibility index (Phi) is 4.66. The lowest BCUT2D eigenvalue weighted by Crippen LogP contribution is -2.43. The molecule has 2 nitrogen and oxygen atoms in total. The zero-order valence-corrected chi connectivity index (χ0v) is 13.8. The van der Waals surface area contributed by atoms with Gasteiger partial charge in [0.25, 0.3) is 0 Å². The van der Waals surface area contributed by atoms with E-state index in [1.807, 2.05) is 0 Å². The van der Waals surface area contributed by atoms with E-state index in [4.69, 9.17) is 0 Å². The van der Waals surface area contributed by atoms with Crippen LogP contribution in [0.15, 0.2) is 24.3 Å². The molecule has 116 valence electrons. The maximum Gasteiger partial charge on any atom is 0.0347 e. The van der Waals surface area contributed by atoms with Crippen molar-refractivity contribution in [3.8, 4) is 0 Å². The molecule has 0 amide bonds. The summed E-state index contributed by atoms with van der Waals surface area (Å²) >= 11 is 0. The van der Waals surface area contributed by atoms with Gasteiger partial charge >= 0.3 is 0 Å². The van der Waals surface area contributed by atoms with Gasteiger partial charge in [-0.3, -0.25) is 0 Å². The van der Waals surface area contributed by atoms with Gasteiger partial charge in [0.2, 0.25) is 0 Å². The van der Waals surface area contributed by atoms with E-state index in [0.29, 0.717) is 6.04 Å². The summed E-state index contributed by atoms with van der Waals surface area (Å²) in [5, 5.41) is 3.62. The molecule has 1 N–H and O–H groups in total. The third kappa shape index (κ3) is 3.02. The number of nitrogens with zero attached hydrogens (tertiary/aromatic N) is 1. The van der Waals surface area contributed by atoms with Gasteiger partial charge in [-0.2, -0.15) is 0 Å². The summed E-state index contributed by atoms with van der Waals surface area (Å²) in [5.41, 5.74) is 2.99. The Balaban J connectivity index is 1.77.